The van der Waals surface area contributed by atoms with Crippen LogP contribution in [0.25, 0.3) is 10.8 Å². The number of piperidine rings is 1. The summed E-state index contributed by atoms with van der Waals surface area (Å²) in [4.78, 5) is 25.9. The quantitative estimate of drug-likeness (QED) is 0.107. The van der Waals surface area contributed by atoms with Gasteiger partial charge in [-0.2, -0.15) is 0 Å². The lowest BCUT2D eigenvalue weighted by Crippen LogP contribution is -2.54. The summed E-state index contributed by atoms with van der Waals surface area (Å²) in [6.45, 7) is 1.59. The first-order chi connectivity index (χ1) is 28.6. The van der Waals surface area contributed by atoms with Gasteiger partial charge in [-0.25, -0.2) is 0 Å². The van der Waals surface area contributed by atoms with E-state index in [0.29, 0.717) is 92.1 Å². The molecule has 2 aliphatic heterocycles. The number of ketones is 2. The first-order valence-corrected chi connectivity index (χ1v) is 22.1. The second kappa shape index (κ2) is 18.3. The predicted molar refractivity (Wildman–Crippen MR) is 231 cm³/mol. The summed E-state index contributed by atoms with van der Waals surface area (Å²) in [7, 11) is 1.51. The molecule has 10 atom stereocenters. The first kappa shape index (κ1) is 41.1. The maximum Gasteiger partial charge on any atom is 0.160 e. The average Bonchev–Trinajstić information content (AvgIpc) is 3.30. The van der Waals surface area contributed by atoms with Crippen LogP contribution < -0.4 is 21.1 Å². The van der Waals surface area contributed by atoms with E-state index in [1.165, 1.54) is 13.5 Å². The normalized spacial score (nSPS) is 28.4. The van der Waals surface area contributed by atoms with Crippen LogP contribution in [0.3, 0.4) is 0 Å². The lowest BCUT2D eigenvalue weighted by molar-refractivity contribution is -0.124. The number of phenolic OH excluding ortho intramolecular Hbond substituents is 1. The Labute approximate surface area is 348 Å². The number of aliphatic hydroxyl groups excluding tert-OH is 2. The summed E-state index contributed by atoms with van der Waals surface area (Å²) >= 11 is 0. The summed E-state index contributed by atoms with van der Waals surface area (Å²) in [6.07, 6.45) is 11.8. The second-order valence-corrected chi connectivity index (χ2v) is 18.0. The molecule has 7 N–H and O–H groups in total. The summed E-state index contributed by atoms with van der Waals surface area (Å²) < 4.78 is 5.47. The number of fused-ring (bicyclic) bond motifs is 5. The molecule has 9 heteroatoms. The lowest BCUT2D eigenvalue weighted by Gasteiger charge is -2.49. The number of aryl methyl sites for hydroxylation is 1. The number of allylic oxidation sites excluding steroid dienone is 2. The molecule has 3 aromatic rings. The van der Waals surface area contributed by atoms with E-state index in [4.69, 9.17) is 10.5 Å². The number of hydrogen-bond acceptors (Lipinski definition) is 9. The standard InChI is InChI=1S/C50H61N3O6/c1-59-49-24-35-12-19-47(57)42(46(56)18-7-30-6-15-40-37(22-30)29-53-45-27-39(55)14-17-41(40)45)16-11-32(44(35)28-48(49)58)10-13-38(54)26-43(36-20-21-52-50(51)25-36)34-9-8-31-4-2-3-5-33(31)23-34/h2-5,8-9,20,23-25,28,30,32,37-38,40-43,45-46,52-54,56,58H,6-7,10,12-15,17-19,21-22,26-27,29,51H2,1H3/t30-,32-,37+,38+,40+,41-,42-,43+,45-,46-/m1/s1. The molecule has 9 nitrogen and oxygen atoms in total. The molecule has 8 rings (SSSR count). The highest BCUT2D eigenvalue weighted by atomic mass is 16.5. The molecule has 5 aliphatic rings. The Morgan fingerprint density at radius 1 is 0.932 bits per heavy atom. The van der Waals surface area contributed by atoms with E-state index >= 15 is 0 Å². The Hall–Kier alpha value is -4.62. The molecule has 1 saturated heterocycles. The molecule has 3 fully saturated rings. The van der Waals surface area contributed by atoms with Crippen LogP contribution in [0.5, 0.6) is 11.5 Å². The summed E-state index contributed by atoms with van der Waals surface area (Å²) in [5.41, 5.74) is 10.1. The number of carbonyl (C=O) groups excluding carboxylic acids is 2. The van der Waals surface area contributed by atoms with Crippen LogP contribution in [-0.4, -0.2) is 65.3 Å². The van der Waals surface area contributed by atoms with Gasteiger partial charge in [0, 0.05) is 43.7 Å². The predicted octanol–water partition coefficient (Wildman–Crippen LogP) is 6.93. The third-order valence-corrected chi connectivity index (χ3v) is 14.4. The number of phenols is 1. The van der Waals surface area contributed by atoms with Crippen molar-refractivity contribution in [2.24, 2.45) is 35.3 Å². The number of nitrogens with one attached hydrogen (secondary N) is 2. The van der Waals surface area contributed by atoms with Crippen molar-refractivity contribution in [3.63, 3.8) is 0 Å². The summed E-state index contributed by atoms with van der Waals surface area (Å²) in [5.74, 6) is 9.05. The maximum atomic E-state index is 13.8. The molecule has 59 heavy (non-hydrogen) atoms. The van der Waals surface area contributed by atoms with E-state index in [-0.39, 0.29) is 29.8 Å². The number of aromatic hydroxyl groups is 1. The average molecular weight is 800 g/mol. The van der Waals surface area contributed by atoms with E-state index in [1.807, 2.05) is 18.2 Å². The highest BCUT2D eigenvalue weighted by Crippen LogP contribution is 2.46. The number of aliphatic hydroxyl groups is 2. The minimum Gasteiger partial charge on any atom is -0.504 e. The van der Waals surface area contributed by atoms with E-state index in [1.54, 1.807) is 12.1 Å². The zero-order valence-electron chi connectivity index (χ0n) is 34.4. The third kappa shape index (κ3) is 9.41. The monoisotopic (exact) mass is 799 g/mol. The Balaban J connectivity index is 0.971. The van der Waals surface area contributed by atoms with Crippen LogP contribution in [-0.2, 0) is 16.0 Å². The fraction of sp³-hybridized carbons (Fsp3) is 0.520. The number of hydrogen-bond donors (Lipinski definition) is 6. The molecule has 0 unspecified atom stereocenters. The van der Waals surface area contributed by atoms with Gasteiger partial charge in [0.25, 0.3) is 0 Å². The van der Waals surface area contributed by atoms with Crippen LogP contribution in [0.4, 0.5) is 0 Å². The minimum absolute atomic E-state index is 0.00901. The van der Waals surface area contributed by atoms with Gasteiger partial charge >= 0.3 is 0 Å². The molecule has 0 spiro atoms. The van der Waals surface area contributed by atoms with E-state index < -0.39 is 18.1 Å². The molecule has 2 heterocycles. The topological polar surface area (TPSA) is 154 Å². The SMILES string of the molecule is COc1cc2c(cc1O)[C@H](CC[C@H](O)C[C@H](C1=CCNC(N)=C1)c1ccc3ccccc3c1)C#C[C@H]([C@H](O)CC[C@H]1CC[C@H]3[C@H](CN[C@@H]4CC(=O)CC[C@H]34)C1)C(=O)CC2. The molecule has 3 aliphatic carbocycles. The molecule has 3 aromatic carbocycles. The van der Waals surface area contributed by atoms with Crippen LogP contribution in [0.15, 0.2) is 78.1 Å². The van der Waals surface area contributed by atoms with Crippen molar-refractivity contribution in [2.75, 3.05) is 20.2 Å². The zero-order chi connectivity index (χ0) is 41.0. The van der Waals surface area contributed by atoms with Crippen LogP contribution >= 0.6 is 0 Å². The van der Waals surface area contributed by atoms with Gasteiger partial charge in [0.1, 0.15) is 11.7 Å². The van der Waals surface area contributed by atoms with Gasteiger partial charge in [0.15, 0.2) is 17.3 Å². The smallest absolute Gasteiger partial charge is 0.160 e. The highest BCUT2D eigenvalue weighted by molar-refractivity contribution is 5.85. The van der Waals surface area contributed by atoms with Gasteiger partial charge in [-0.3, -0.25) is 9.59 Å². The van der Waals surface area contributed by atoms with Crippen LogP contribution in [0.2, 0.25) is 0 Å². The zero-order valence-corrected chi connectivity index (χ0v) is 34.4. The first-order valence-electron chi connectivity index (χ1n) is 22.1. The summed E-state index contributed by atoms with van der Waals surface area (Å²) in [6, 6.07) is 18.6. The van der Waals surface area contributed by atoms with Crippen molar-refractivity contribution in [1.29, 1.82) is 0 Å². The van der Waals surface area contributed by atoms with Gasteiger partial charge in [0.05, 0.1) is 25.1 Å². The van der Waals surface area contributed by atoms with Crippen molar-refractivity contribution in [1.82, 2.24) is 10.6 Å². The van der Waals surface area contributed by atoms with Crippen molar-refractivity contribution in [2.45, 2.75) is 114 Å². The minimum atomic E-state index is -0.872. The largest absolute Gasteiger partial charge is 0.504 e. The van der Waals surface area contributed by atoms with Gasteiger partial charge < -0.3 is 36.4 Å². The number of rotatable bonds is 12. The molecule has 0 amide bonds. The van der Waals surface area contributed by atoms with Gasteiger partial charge in [-0.1, -0.05) is 66.8 Å². The lowest BCUT2D eigenvalue weighted by atomic mass is 9.61. The van der Waals surface area contributed by atoms with E-state index in [9.17, 15) is 24.9 Å². The molecular formula is C50H61N3O6. The molecule has 2 saturated carbocycles. The third-order valence-electron chi connectivity index (χ3n) is 14.4. The van der Waals surface area contributed by atoms with E-state index in [0.717, 1.165) is 71.7 Å². The fourth-order valence-electron chi connectivity index (χ4n) is 11.2. The number of benzene rings is 3. The maximum absolute atomic E-state index is 13.8. The number of dihydropyridines is 1. The fourth-order valence-corrected chi connectivity index (χ4v) is 11.2. The molecular weight excluding hydrogens is 739 g/mol. The molecule has 312 valence electrons. The Kier molecular flexibility index (Phi) is 12.8. The number of methoxy groups -OCH3 is 1. The molecule has 0 bridgehead atoms. The van der Waals surface area contributed by atoms with Gasteiger partial charge in [0.2, 0.25) is 0 Å². The van der Waals surface area contributed by atoms with Crippen LogP contribution in [0, 0.1) is 41.4 Å². The number of carbonyl (C=O) groups is 2. The van der Waals surface area contributed by atoms with Crippen molar-refractivity contribution < 1.29 is 29.6 Å². The van der Waals surface area contributed by atoms with Crippen LogP contribution in [0.1, 0.15) is 106 Å². The summed E-state index contributed by atoms with van der Waals surface area (Å²) in [5, 5.41) is 43.6. The highest BCUT2D eigenvalue weighted by Gasteiger charge is 2.44. The van der Waals surface area contributed by atoms with Crippen molar-refractivity contribution >= 4 is 22.3 Å². The second-order valence-electron chi connectivity index (χ2n) is 18.0. The number of Topliss-reactive ketones (excluding diaryl/α,β-unsaturated/α-hetero) is 2. The Morgan fingerprint density at radius 3 is 2.61 bits per heavy atom. The molecule has 0 radical (unpaired) electrons. The van der Waals surface area contributed by atoms with E-state index in [2.05, 4.69) is 58.9 Å². The van der Waals surface area contributed by atoms with Crippen molar-refractivity contribution in [3.8, 4) is 23.3 Å². The Bertz CT molecular complexity index is 2150. The number of nitrogens with two attached hydrogens (primary N) is 1. The Morgan fingerprint density at radius 2 is 1.78 bits per heavy atom. The number of ether oxygens (including phenoxy) is 1. The van der Waals surface area contributed by atoms with Crippen molar-refractivity contribution in [3.05, 3.63) is 94.8 Å². The van der Waals surface area contributed by atoms with Gasteiger partial charge in [-0.15, -0.1) is 0 Å². The molecule has 0 aromatic heterocycles. The van der Waals surface area contributed by atoms with Gasteiger partial charge in [-0.05, 0) is 139 Å².